The number of carbonyl (C=O) groups excluding carboxylic acids is 1. The topological polar surface area (TPSA) is 32.7 Å². The maximum absolute atomic E-state index is 12.5. The first kappa shape index (κ1) is 15.3. The number of fused-ring (bicyclic) bond motifs is 1. The molecule has 0 N–H and O–H groups in total. The van der Waals surface area contributed by atoms with E-state index in [1.807, 2.05) is 0 Å². The summed E-state index contributed by atoms with van der Waals surface area (Å²) in [6.45, 7) is 8.85. The molecule has 1 aromatic carbocycles. The molecule has 1 amide bonds. The number of benzene rings is 1. The van der Waals surface area contributed by atoms with Gasteiger partial charge in [0, 0.05) is 18.9 Å². The highest BCUT2D eigenvalue weighted by atomic mass is 16.2. The van der Waals surface area contributed by atoms with Gasteiger partial charge in [-0.2, -0.15) is 5.10 Å². The van der Waals surface area contributed by atoms with E-state index >= 15 is 0 Å². The number of hydrazone groups is 1. The molecule has 1 aliphatic heterocycles. The summed E-state index contributed by atoms with van der Waals surface area (Å²) < 4.78 is 0. The molecule has 1 aliphatic carbocycles. The van der Waals surface area contributed by atoms with Gasteiger partial charge in [0.15, 0.2) is 0 Å². The molecule has 22 heavy (non-hydrogen) atoms. The van der Waals surface area contributed by atoms with Crippen molar-refractivity contribution in [2.75, 3.05) is 7.05 Å². The van der Waals surface area contributed by atoms with Crippen molar-refractivity contribution in [1.82, 2.24) is 5.01 Å². The van der Waals surface area contributed by atoms with Gasteiger partial charge >= 0.3 is 0 Å². The van der Waals surface area contributed by atoms with Gasteiger partial charge in [-0.05, 0) is 61.3 Å². The average Bonchev–Trinajstić information content (AvgIpc) is 2.48. The van der Waals surface area contributed by atoms with Crippen LogP contribution >= 0.6 is 0 Å². The average molecular weight is 298 g/mol. The van der Waals surface area contributed by atoms with Gasteiger partial charge in [0.1, 0.15) is 0 Å². The number of hydrogen-bond acceptors (Lipinski definition) is 2. The number of aryl methyl sites for hydroxylation is 2. The van der Waals surface area contributed by atoms with Crippen LogP contribution in [0.3, 0.4) is 0 Å². The lowest BCUT2D eigenvalue weighted by atomic mass is 9.66. The summed E-state index contributed by atoms with van der Waals surface area (Å²) in [5, 5.41) is 6.21. The molecule has 3 nitrogen and oxygen atoms in total. The van der Waals surface area contributed by atoms with E-state index in [0.29, 0.717) is 11.8 Å². The predicted octanol–water partition coefficient (Wildman–Crippen LogP) is 3.78. The van der Waals surface area contributed by atoms with Gasteiger partial charge in [0.2, 0.25) is 5.91 Å². The van der Waals surface area contributed by atoms with E-state index in [-0.39, 0.29) is 17.7 Å². The molecular formula is C19H26N2O. The predicted molar refractivity (Wildman–Crippen MR) is 89.8 cm³/mol. The molecule has 4 atom stereocenters. The van der Waals surface area contributed by atoms with E-state index in [2.05, 4.69) is 51.0 Å². The summed E-state index contributed by atoms with van der Waals surface area (Å²) in [5.41, 5.74) is 4.87. The molecule has 1 heterocycles. The molecule has 3 rings (SSSR count). The highest BCUT2D eigenvalue weighted by molar-refractivity contribution is 6.06. The van der Waals surface area contributed by atoms with Crippen LogP contribution in [0.25, 0.3) is 0 Å². The van der Waals surface area contributed by atoms with Crippen molar-refractivity contribution in [3.05, 3.63) is 34.9 Å². The highest BCUT2D eigenvalue weighted by Gasteiger charge is 2.44. The Balaban J connectivity index is 2.03. The van der Waals surface area contributed by atoms with Crippen LogP contribution in [0.4, 0.5) is 0 Å². The van der Waals surface area contributed by atoms with Crippen LogP contribution in [0.2, 0.25) is 0 Å². The molecule has 0 radical (unpaired) electrons. The lowest BCUT2D eigenvalue weighted by Gasteiger charge is -2.42. The summed E-state index contributed by atoms with van der Waals surface area (Å²) >= 11 is 0. The van der Waals surface area contributed by atoms with E-state index in [1.54, 1.807) is 12.1 Å². The van der Waals surface area contributed by atoms with E-state index < -0.39 is 0 Å². The Hall–Kier alpha value is -1.64. The molecule has 1 fully saturated rings. The summed E-state index contributed by atoms with van der Waals surface area (Å²) in [5.74, 6) is 1.82. The van der Waals surface area contributed by atoms with Gasteiger partial charge in [0.25, 0.3) is 0 Å². The van der Waals surface area contributed by atoms with E-state index in [4.69, 9.17) is 0 Å². The third-order valence-corrected chi connectivity index (χ3v) is 5.76. The van der Waals surface area contributed by atoms with Gasteiger partial charge in [0.05, 0.1) is 5.71 Å². The Morgan fingerprint density at radius 1 is 1.05 bits per heavy atom. The summed E-state index contributed by atoms with van der Waals surface area (Å²) in [6, 6.07) is 6.54. The molecule has 2 aliphatic rings. The molecule has 118 valence electrons. The zero-order valence-corrected chi connectivity index (χ0v) is 14.3. The minimum atomic E-state index is 0.102. The Morgan fingerprint density at radius 3 is 2.32 bits per heavy atom. The standard InChI is InChI=1S/C19H26N2O/c1-11-6-7-15(8-12(11)2)18-16-9-13(3)14(4)10-17(16)19(22)21(5)20-18/h6-8,13-14,16-17H,9-10H2,1-5H3. The van der Waals surface area contributed by atoms with Crippen LogP contribution < -0.4 is 0 Å². The van der Waals surface area contributed by atoms with Gasteiger partial charge in [-0.1, -0.05) is 26.0 Å². The maximum atomic E-state index is 12.5. The minimum absolute atomic E-state index is 0.102. The molecule has 0 saturated heterocycles. The monoisotopic (exact) mass is 298 g/mol. The van der Waals surface area contributed by atoms with Crippen molar-refractivity contribution in [2.45, 2.75) is 40.5 Å². The van der Waals surface area contributed by atoms with E-state index in [9.17, 15) is 4.79 Å². The van der Waals surface area contributed by atoms with Crippen molar-refractivity contribution in [2.24, 2.45) is 28.8 Å². The van der Waals surface area contributed by atoms with Crippen molar-refractivity contribution in [1.29, 1.82) is 0 Å². The molecule has 0 aromatic heterocycles. The van der Waals surface area contributed by atoms with Crippen LogP contribution in [0.1, 0.15) is 43.4 Å². The zero-order chi connectivity index (χ0) is 16.0. The number of carbonyl (C=O) groups is 1. The van der Waals surface area contributed by atoms with Crippen molar-refractivity contribution < 1.29 is 4.79 Å². The van der Waals surface area contributed by atoms with Crippen LogP contribution in [-0.4, -0.2) is 23.7 Å². The quantitative estimate of drug-likeness (QED) is 0.776. The molecule has 0 spiro atoms. The number of rotatable bonds is 1. The first-order chi connectivity index (χ1) is 10.4. The Bertz CT molecular complexity index is 634. The normalized spacial score (nSPS) is 31.8. The van der Waals surface area contributed by atoms with E-state index in [1.165, 1.54) is 16.7 Å². The third kappa shape index (κ3) is 2.47. The molecule has 3 heteroatoms. The summed E-state index contributed by atoms with van der Waals surface area (Å²) in [7, 11) is 1.79. The fraction of sp³-hybridized carbons (Fsp3) is 0.579. The van der Waals surface area contributed by atoms with Crippen molar-refractivity contribution >= 4 is 11.6 Å². The molecule has 4 unspecified atom stereocenters. The van der Waals surface area contributed by atoms with Crippen LogP contribution in [0.5, 0.6) is 0 Å². The SMILES string of the molecule is Cc1ccc(C2=NN(C)C(=O)C3CC(C)C(C)CC23)cc1C. The first-order valence-corrected chi connectivity index (χ1v) is 8.32. The second-order valence-corrected chi connectivity index (χ2v) is 7.29. The Labute approximate surface area is 133 Å². The Morgan fingerprint density at radius 2 is 1.68 bits per heavy atom. The van der Waals surface area contributed by atoms with Crippen LogP contribution in [0, 0.1) is 37.5 Å². The minimum Gasteiger partial charge on any atom is -0.273 e. The van der Waals surface area contributed by atoms with Gasteiger partial charge < -0.3 is 0 Å². The number of hydrogen-bond donors (Lipinski definition) is 0. The largest absolute Gasteiger partial charge is 0.273 e. The lowest BCUT2D eigenvalue weighted by Crippen LogP contribution is -2.47. The first-order valence-electron chi connectivity index (χ1n) is 8.32. The van der Waals surface area contributed by atoms with E-state index in [0.717, 1.165) is 18.6 Å². The molecule has 0 bridgehead atoms. The number of amides is 1. The highest BCUT2D eigenvalue weighted by Crippen LogP contribution is 2.42. The van der Waals surface area contributed by atoms with Gasteiger partial charge in [-0.15, -0.1) is 0 Å². The maximum Gasteiger partial charge on any atom is 0.246 e. The molecular weight excluding hydrogens is 272 g/mol. The fourth-order valence-electron chi connectivity index (χ4n) is 3.87. The van der Waals surface area contributed by atoms with Crippen LogP contribution in [-0.2, 0) is 4.79 Å². The third-order valence-electron chi connectivity index (χ3n) is 5.76. The van der Waals surface area contributed by atoms with Crippen molar-refractivity contribution in [3.8, 4) is 0 Å². The van der Waals surface area contributed by atoms with Crippen LogP contribution in [0.15, 0.2) is 23.3 Å². The second-order valence-electron chi connectivity index (χ2n) is 7.29. The second kappa shape index (κ2) is 5.53. The van der Waals surface area contributed by atoms with Gasteiger partial charge in [-0.25, -0.2) is 5.01 Å². The molecule has 1 aromatic rings. The smallest absolute Gasteiger partial charge is 0.246 e. The lowest BCUT2D eigenvalue weighted by molar-refractivity contribution is -0.138. The van der Waals surface area contributed by atoms with Crippen molar-refractivity contribution in [3.63, 3.8) is 0 Å². The fourth-order valence-corrected chi connectivity index (χ4v) is 3.87. The number of nitrogens with zero attached hydrogens (tertiary/aromatic N) is 2. The summed E-state index contributed by atoms with van der Waals surface area (Å²) in [4.78, 5) is 12.5. The Kier molecular flexibility index (Phi) is 3.84. The summed E-state index contributed by atoms with van der Waals surface area (Å²) in [6.07, 6.45) is 2.05. The van der Waals surface area contributed by atoms with Gasteiger partial charge in [-0.3, -0.25) is 4.79 Å². The zero-order valence-electron chi connectivity index (χ0n) is 14.3. The molecule has 1 saturated carbocycles.